The van der Waals surface area contributed by atoms with Crippen LogP contribution in [0, 0.1) is 0 Å². The van der Waals surface area contributed by atoms with Gasteiger partial charge in [0, 0.05) is 29.0 Å². The number of hydrogen-bond acceptors (Lipinski definition) is 4. The van der Waals surface area contributed by atoms with Crippen molar-refractivity contribution in [2.45, 2.75) is 13.5 Å². The zero-order valence-electron chi connectivity index (χ0n) is 9.90. The average Bonchev–Trinajstić information content (AvgIpc) is 2.38. The highest BCUT2D eigenvalue weighted by Gasteiger charge is 2.05. The molecule has 5 nitrogen and oxygen atoms in total. The fourth-order valence-electron chi connectivity index (χ4n) is 1.45. The van der Waals surface area contributed by atoms with Crippen molar-refractivity contribution in [3.8, 4) is 11.5 Å². The average molecular weight is 309 g/mol. The van der Waals surface area contributed by atoms with E-state index in [0.717, 1.165) is 11.0 Å². The van der Waals surface area contributed by atoms with E-state index < -0.39 is 0 Å². The Hall–Kier alpha value is -1.53. The Kier molecular flexibility index (Phi) is 4.22. The number of nitrogens with one attached hydrogen (secondary N) is 2. The maximum atomic E-state index is 11.8. The van der Waals surface area contributed by atoms with Gasteiger partial charge in [0.1, 0.15) is 5.69 Å². The Labute approximate surface area is 113 Å². The van der Waals surface area contributed by atoms with Gasteiger partial charge in [0.25, 0.3) is 5.56 Å². The number of hydrogen-bond donors (Lipinski definition) is 2. The highest BCUT2D eigenvalue weighted by atomic mass is 79.9. The Morgan fingerprint density at radius 1 is 1.33 bits per heavy atom. The zero-order valence-corrected chi connectivity index (χ0v) is 11.5. The predicted molar refractivity (Wildman–Crippen MR) is 73.2 cm³/mol. The Morgan fingerprint density at radius 2 is 2.17 bits per heavy atom. The SMILES string of the molecule is CCNCc1cnc(-c2ccc(Br)cn2)[nH]c1=O. The Balaban J connectivity index is 2.28. The lowest BCUT2D eigenvalue weighted by Crippen LogP contribution is -2.21. The number of nitrogens with zero attached hydrogens (tertiary/aromatic N) is 2. The molecule has 0 bridgehead atoms. The number of pyridine rings is 1. The summed E-state index contributed by atoms with van der Waals surface area (Å²) in [5.41, 5.74) is 1.13. The van der Waals surface area contributed by atoms with Gasteiger partial charge in [-0.15, -0.1) is 0 Å². The summed E-state index contributed by atoms with van der Waals surface area (Å²) < 4.78 is 0.886. The predicted octanol–water partition coefficient (Wildman–Crippen LogP) is 1.70. The fourth-order valence-corrected chi connectivity index (χ4v) is 1.69. The largest absolute Gasteiger partial charge is 0.313 e. The molecule has 0 aliphatic carbocycles. The number of H-pyrrole nitrogens is 1. The van der Waals surface area contributed by atoms with Crippen molar-refractivity contribution in [1.29, 1.82) is 0 Å². The van der Waals surface area contributed by atoms with E-state index in [4.69, 9.17) is 0 Å². The normalized spacial score (nSPS) is 10.6. The van der Waals surface area contributed by atoms with Gasteiger partial charge in [-0.3, -0.25) is 9.78 Å². The van der Waals surface area contributed by atoms with Gasteiger partial charge in [0.05, 0.1) is 0 Å². The molecule has 0 fully saturated rings. The quantitative estimate of drug-likeness (QED) is 0.902. The van der Waals surface area contributed by atoms with E-state index in [1.807, 2.05) is 13.0 Å². The van der Waals surface area contributed by atoms with Gasteiger partial charge in [-0.2, -0.15) is 0 Å². The lowest BCUT2D eigenvalue weighted by atomic mass is 10.3. The first kappa shape index (κ1) is 12.9. The monoisotopic (exact) mass is 308 g/mol. The molecular formula is C12H13BrN4O. The molecular weight excluding hydrogens is 296 g/mol. The molecule has 0 unspecified atom stereocenters. The highest BCUT2D eigenvalue weighted by molar-refractivity contribution is 9.10. The molecule has 0 aliphatic rings. The summed E-state index contributed by atoms with van der Waals surface area (Å²) >= 11 is 3.31. The number of aromatic nitrogens is 3. The van der Waals surface area contributed by atoms with Gasteiger partial charge < -0.3 is 10.3 Å². The second-order valence-corrected chi connectivity index (χ2v) is 4.64. The molecule has 0 atom stereocenters. The smallest absolute Gasteiger partial charge is 0.255 e. The highest BCUT2D eigenvalue weighted by Crippen LogP contribution is 2.13. The maximum Gasteiger partial charge on any atom is 0.255 e. The molecule has 0 amide bonds. The molecule has 2 aromatic rings. The van der Waals surface area contributed by atoms with Crippen LogP contribution < -0.4 is 10.9 Å². The van der Waals surface area contributed by atoms with Crippen LogP contribution in [0.1, 0.15) is 12.5 Å². The van der Waals surface area contributed by atoms with Crippen LogP contribution >= 0.6 is 15.9 Å². The third-order valence-corrected chi connectivity index (χ3v) is 2.88. The number of halogens is 1. The van der Waals surface area contributed by atoms with Crippen LogP contribution in [-0.2, 0) is 6.54 Å². The summed E-state index contributed by atoms with van der Waals surface area (Å²) in [6.07, 6.45) is 3.25. The van der Waals surface area contributed by atoms with Crippen LogP contribution in [0.4, 0.5) is 0 Å². The van der Waals surface area contributed by atoms with Crippen LogP contribution in [0.5, 0.6) is 0 Å². The number of rotatable bonds is 4. The summed E-state index contributed by atoms with van der Waals surface area (Å²) in [4.78, 5) is 23.0. The maximum absolute atomic E-state index is 11.8. The first-order chi connectivity index (χ1) is 8.70. The molecule has 0 saturated heterocycles. The van der Waals surface area contributed by atoms with Crippen LogP contribution in [0.3, 0.4) is 0 Å². The molecule has 0 radical (unpaired) electrons. The minimum atomic E-state index is -0.134. The lowest BCUT2D eigenvalue weighted by Gasteiger charge is -2.03. The molecule has 0 aliphatic heterocycles. The van der Waals surface area contributed by atoms with Crippen LogP contribution in [0.2, 0.25) is 0 Å². The van der Waals surface area contributed by atoms with Crippen molar-refractivity contribution in [2.75, 3.05) is 6.54 Å². The third-order valence-electron chi connectivity index (χ3n) is 2.41. The summed E-state index contributed by atoms with van der Waals surface area (Å²) in [5, 5.41) is 3.09. The van der Waals surface area contributed by atoms with E-state index in [0.29, 0.717) is 23.6 Å². The molecule has 2 N–H and O–H groups in total. The van der Waals surface area contributed by atoms with Gasteiger partial charge in [0.15, 0.2) is 5.82 Å². The Bertz CT molecular complexity index is 579. The van der Waals surface area contributed by atoms with Gasteiger partial charge >= 0.3 is 0 Å². The van der Waals surface area contributed by atoms with Gasteiger partial charge in [-0.05, 0) is 34.6 Å². The molecule has 0 aromatic carbocycles. The number of aromatic amines is 1. The Morgan fingerprint density at radius 3 is 2.78 bits per heavy atom. The molecule has 0 saturated carbocycles. The summed E-state index contributed by atoms with van der Waals surface area (Å²) in [6.45, 7) is 3.32. The lowest BCUT2D eigenvalue weighted by molar-refractivity contribution is 0.716. The van der Waals surface area contributed by atoms with Gasteiger partial charge in [-0.1, -0.05) is 6.92 Å². The standard InChI is InChI=1S/C12H13BrN4O/c1-2-14-5-8-6-16-11(17-12(8)18)10-4-3-9(13)7-15-10/h3-4,6-7,14H,2,5H2,1H3,(H,16,17,18). The molecule has 6 heteroatoms. The van der Waals surface area contributed by atoms with E-state index in [1.165, 1.54) is 0 Å². The molecule has 18 heavy (non-hydrogen) atoms. The van der Waals surface area contributed by atoms with Crippen LogP contribution in [0.15, 0.2) is 33.8 Å². The van der Waals surface area contributed by atoms with E-state index in [1.54, 1.807) is 18.5 Å². The summed E-state index contributed by atoms with van der Waals surface area (Å²) in [7, 11) is 0. The van der Waals surface area contributed by atoms with E-state index in [2.05, 4.69) is 36.2 Å². The van der Waals surface area contributed by atoms with Crippen molar-refractivity contribution < 1.29 is 0 Å². The van der Waals surface area contributed by atoms with Crippen molar-refractivity contribution in [3.63, 3.8) is 0 Å². The first-order valence-electron chi connectivity index (χ1n) is 5.61. The van der Waals surface area contributed by atoms with E-state index in [-0.39, 0.29) is 5.56 Å². The molecule has 0 spiro atoms. The third kappa shape index (κ3) is 3.02. The zero-order chi connectivity index (χ0) is 13.0. The fraction of sp³-hybridized carbons (Fsp3) is 0.250. The van der Waals surface area contributed by atoms with Crippen molar-refractivity contribution in [2.24, 2.45) is 0 Å². The van der Waals surface area contributed by atoms with Crippen molar-refractivity contribution in [1.82, 2.24) is 20.3 Å². The molecule has 94 valence electrons. The van der Waals surface area contributed by atoms with E-state index in [9.17, 15) is 4.79 Å². The summed E-state index contributed by atoms with van der Waals surface area (Å²) in [6, 6.07) is 3.65. The second-order valence-electron chi connectivity index (χ2n) is 3.73. The minimum absolute atomic E-state index is 0.134. The van der Waals surface area contributed by atoms with Gasteiger partial charge in [-0.25, -0.2) is 4.98 Å². The minimum Gasteiger partial charge on any atom is -0.313 e. The molecule has 2 heterocycles. The van der Waals surface area contributed by atoms with Crippen LogP contribution in [0.25, 0.3) is 11.5 Å². The van der Waals surface area contributed by atoms with Crippen molar-refractivity contribution in [3.05, 3.63) is 44.9 Å². The van der Waals surface area contributed by atoms with Crippen molar-refractivity contribution >= 4 is 15.9 Å². The van der Waals surface area contributed by atoms with Crippen LogP contribution in [-0.4, -0.2) is 21.5 Å². The molecule has 2 rings (SSSR count). The first-order valence-corrected chi connectivity index (χ1v) is 6.41. The second kappa shape index (κ2) is 5.88. The topological polar surface area (TPSA) is 70.7 Å². The molecule has 2 aromatic heterocycles. The van der Waals surface area contributed by atoms with Gasteiger partial charge in [0.2, 0.25) is 0 Å². The summed E-state index contributed by atoms with van der Waals surface area (Å²) in [5.74, 6) is 0.479. The van der Waals surface area contributed by atoms with E-state index >= 15 is 0 Å².